The number of rotatable bonds is 7. The molecule has 4 aromatic rings. The minimum atomic E-state index is -0.385. The summed E-state index contributed by atoms with van der Waals surface area (Å²) in [5, 5.41) is 10.8. The van der Waals surface area contributed by atoms with E-state index in [1.165, 1.54) is 41.0 Å². The van der Waals surface area contributed by atoms with E-state index in [4.69, 9.17) is 0 Å². The van der Waals surface area contributed by atoms with Gasteiger partial charge in [0.25, 0.3) is 0 Å². The van der Waals surface area contributed by atoms with Crippen LogP contribution >= 0.6 is 0 Å². The fourth-order valence-corrected chi connectivity index (χ4v) is 3.21. The van der Waals surface area contributed by atoms with Crippen molar-refractivity contribution in [1.82, 2.24) is 24.5 Å². The molecule has 0 atom stereocenters. The van der Waals surface area contributed by atoms with E-state index < -0.39 is 0 Å². The SMILES string of the molecule is O=C(CCCc1nnc2c(=O)n(-c3ccc(F)cc3)ccn12)NCc1ccc(F)cc1. The molecule has 0 spiro atoms. The number of hydrogen-bond acceptors (Lipinski definition) is 4. The van der Waals surface area contributed by atoms with E-state index in [1.54, 1.807) is 28.9 Å². The summed E-state index contributed by atoms with van der Waals surface area (Å²) in [6.45, 7) is 0.329. The first-order chi connectivity index (χ1) is 15.0. The van der Waals surface area contributed by atoms with Crippen molar-refractivity contribution in [3.05, 3.63) is 94.3 Å². The van der Waals surface area contributed by atoms with Crippen LogP contribution in [0.5, 0.6) is 0 Å². The number of nitrogens with zero attached hydrogens (tertiary/aromatic N) is 4. The van der Waals surface area contributed by atoms with Crippen LogP contribution < -0.4 is 10.9 Å². The van der Waals surface area contributed by atoms with Crippen molar-refractivity contribution < 1.29 is 13.6 Å². The zero-order valence-electron chi connectivity index (χ0n) is 16.5. The molecule has 2 aromatic heterocycles. The summed E-state index contributed by atoms with van der Waals surface area (Å²) in [5.41, 5.74) is 1.12. The number of hydrogen-bond donors (Lipinski definition) is 1. The van der Waals surface area contributed by atoms with Gasteiger partial charge >= 0.3 is 5.56 Å². The average molecular weight is 423 g/mol. The van der Waals surface area contributed by atoms with Gasteiger partial charge in [-0.2, -0.15) is 0 Å². The molecule has 31 heavy (non-hydrogen) atoms. The maximum Gasteiger partial charge on any atom is 0.300 e. The normalized spacial score (nSPS) is 11.0. The van der Waals surface area contributed by atoms with Gasteiger partial charge in [0.15, 0.2) is 0 Å². The molecule has 7 nitrogen and oxygen atoms in total. The second kappa shape index (κ2) is 8.86. The first-order valence-electron chi connectivity index (χ1n) is 9.73. The Balaban J connectivity index is 1.37. The Morgan fingerprint density at radius 2 is 1.61 bits per heavy atom. The van der Waals surface area contributed by atoms with Crippen LogP contribution in [0.25, 0.3) is 11.3 Å². The monoisotopic (exact) mass is 423 g/mol. The number of carbonyl (C=O) groups is 1. The molecule has 0 fully saturated rings. The standard InChI is InChI=1S/C22H19F2N5O2/c23-16-6-4-15(5-7-16)14-25-20(30)3-1-2-19-26-27-21-22(31)28(12-13-29(19)21)18-10-8-17(24)9-11-18/h4-13H,1-3,14H2,(H,25,30). The van der Waals surface area contributed by atoms with Gasteiger partial charge in [-0.3, -0.25) is 18.6 Å². The van der Waals surface area contributed by atoms with Gasteiger partial charge in [0.1, 0.15) is 17.5 Å². The molecule has 0 unspecified atom stereocenters. The van der Waals surface area contributed by atoms with Gasteiger partial charge < -0.3 is 5.32 Å². The Morgan fingerprint density at radius 1 is 0.935 bits per heavy atom. The van der Waals surface area contributed by atoms with E-state index in [1.807, 2.05) is 0 Å². The van der Waals surface area contributed by atoms with Crippen LogP contribution in [0.15, 0.2) is 65.7 Å². The zero-order chi connectivity index (χ0) is 21.8. The van der Waals surface area contributed by atoms with E-state index in [0.29, 0.717) is 30.9 Å². The Hall–Kier alpha value is -3.88. The molecule has 0 aliphatic carbocycles. The third-order valence-electron chi connectivity index (χ3n) is 4.85. The third-order valence-corrected chi connectivity index (χ3v) is 4.85. The van der Waals surface area contributed by atoms with Crippen molar-refractivity contribution in [3.8, 4) is 5.69 Å². The van der Waals surface area contributed by atoms with Gasteiger partial charge in [0.05, 0.1) is 0 Å². The number of aryl methyl sites for hydroxylation is 1. The Kier molecular flexibility index (Phi) is 5.83. The van der Waals surface area contributed by atoms with E-state index >= 15 is 0 Å². The van der Waals surface area contributed by atoms with Crippen LogP contribution in [0.2, 0.25) is 0 Å². The van der Waals surface area contributed by atoms with E-state index in [0.717, 1.165) is 5.56 Å². The first-order valence-corrected chi connectivity index (χ1v) is 9.73. The minimum Gasteiger partial charge on any atom is -0.352 e. The molecule has 0 saturated carbocycles. The fraction of sp³-hybridized carbons (Fsp3) is 0.182. The Morgan fingerprint density at radius 3 is 2.32 bits per heavy atom. The van der Waals surface area contributed by atoms with Crippen LogP contribution in [0.1, 0.15) is 24.2 Å². The fourth-order valence-electron chi connectivity index (χ4n) is 3.21. The maximum absolute atomic E-state index is 13.1. The van der Waals surface area contributed by atoms with Crippen LogP contribution in [0, 0.1) is 11.6 Å². The summed E-state index contributed by atoms with van der Waals surface area (Å²) in [6.07, 6.45) is 4.51. The third kappa shape index (κ3) is 4.66. The topological polar surface area (TPSA) is 81.3 Å². The molecule has 1 amide bonds. The number of fused-ring (bicyclic) bond motifs is 1. The second-order valence-corrected chi connectivity index (χ2v) is 7.02. The first kappa shape index (κ1) is 20.4. The van der Waals surface area contributed by atoms with Crippen LogP contribution in [0.4, 0.5) is 8.78 Å². The number of benzene rings is 2. The van der Waals surface area contributed by atoms with Crippen LogP contribution in [-0.4, -0.2) is 25.1 Å². The lowest BCUT2D eigenvalue weighted by Crippen LogP contribution is -2.22. The van der Waals surface area contributed by atoms with Gasteiger partial charge in [-0.15, -0.1) is 10.2 Å². The van der Waals surface area contributed by atoms with Crippen LogP contribution in [-0.2, 0) is 17.8 Å². The van der Waals surface area contributed by atoms with E-state index in [2.05, 4.69) is 15.5 Å². The summed E-state index contributed by atoms with van der Waals surface area (Å²) in [5.74, 6) is -0.258. The molecule has 9 heteroatoms. The number of nitrogens with one attached hydrogen (secondary N) is 1. The number of aromatic nitrogens is 4. The smallest absolute Gasteiger partial charge is 0.300 e. The van der Waals surface area contributed by atoms with Gasteiger partial charge in [-0.25, -0.2) is 8.78 Å². The molecule has 0 bridgehead atoms. The van der Waals surface area contributed by atoms with Crippen molar-refractivity contribution in [2.45, 2.75) is 25.8 Å². The zero-order valence-corrected chi connectivity index (χ0v) is 16.5. The summed E-state index contributed by atoms with van der Waals surface area (Å²) >= 11 is 0. The van der Waals surface area contributed by atoms with Crippen molar-refractivity contribution in [2.75, 3.05) is 0 Å². The number of carbonyl (C=O) groups excluding carboxylic acids is 1. The summed E-state index contributed by atoms with van der Waals surface area (Å²) in [6, 6.07) is 11.5. The highest BCUT2D eigenvalue weighted by atomic mass is 19.1. The molecular formula is C22H19F2N5O2. The van der Waals surface area contributed by atoms with Gasteiger partial charge in [-0.05, 0) is 48.4 Å². The summed E-state index contributed by atoms with van der Waals surface area (Å²) in [4.78, 5) is 24.8. The molecule has 0 aliphatic heterocycles. The highest BCUT2D eigenvalue weighted by Gasteiger charge is 2.12. The molecule has 0 aliphatic rings. The molecule has 2 heterocycles. The van der Waals surface area contributed by atoms with Gasteiger partial charge in [-0.1, -0.05) is 12.1 Å². The van der Waals surface area contributed by atoms with Crippen molar-refractivity contribution >= 4 is 11.6 Å². The van der Waals surface area contributed by atoms with Crippen LogP contribution in [0.3, 0.4) is 0 Å². The Bertz CT molecular complexity index is 1260. The lowest BCUT2D eigenvalue weighted by molar-refractivity contribution is -0.121. The van der Waals surface area contributed by atoms with Crippen molar-refractivity contribution in [2.24, 2.45) is 0 Å². The van der Waals surface area contributed by atoms with Crippen molar-refractivity contribution in [3.63, 3.8) is 0 Å². The predicted molar refractivity (Wildman–Crippen MR) is 110 cm³/mol. The molecule has 158 valence electrons. The summed E-state index contributed by atoms with van der Waals surface area (Å²) < 4.78 is 29.0. The lowest BCUT2D eigenvalue weighted by atomic mass is 10.2. The molecule has 4 rings (SSSR count). The highest BCUT2D eigenvalue weighted by Crippen LogP contribution is 2.09. The predicted octanol–water partition coefficient (Wildman–Crippen LogP) is 2.80. The summed E-state index contributed by atoms with van der Waals surface area (Å²) in [7, 11) is 0. The second-order valence-electron chi connectivity index (χ2n) is 7.02. The van der Waals surface area contributed by atoms with E-state index in [9.17, 15) is 18.4 Å². The highest BCUT2D eigenvalue weighted by molar-refractivity contribution is 5.75. The number of amides is 1. The molecule has 0 saturated heterocycles. The maximum atomic E-state index is 13.1. The molecule has 0 radical (unpaired) electrons. The molecule has 1 N–H and O–H groups in total. The number of halogens is 2. The largest absolute Gasteiger partial charge is 0.352 e. The molecule has 2 aromatic carbocycles. The Labute approximate surface area is 176 Å². The van der Waals surface area contributed by atoms with Gasteiger partial charge in [0.2, 0.25) is 11.6 Å². The quantitative estimate of drug-likeness (QED) is 0.496. The van der Waals surface area contributed by atoms with Crippen molar-refractivity contribution in [1.29, 1.82) is 0 Å². The average Bonchev–Trinajstić information content (AvgIpc) is 3.18. The van der Waals surface area contributed by atoms with Gasteiger partial charge in [0, 0.05) is 37.5 Å². The lowest BCUT2D eigenvalue weighted by Gasteiger charge is -2.07. The molecular weight excluding hydrogens is 404 g/mol. The minimum absolute atomic E-state index is 0.128. The van der Waals surface area contributed by atoms with E-state index in [-0.39, 0.29) is 35.2 Å².